The van der Waals surface area contributed by atoms with Crippen LogP contribution in [0.1, 0.15) is 11.6 Å². The summed E-state index contributed by atoms with van der Waals surface area (Å²) in [5.41, 5.74) is 0.928. The molecule has 1 N–H and O–H groups in total. The van der Waals surface area contributed by atoms with Crippen LogP contribution in [0.15, 0.2) is 48.5 Å². The van der Waals surface area contributed by atoms with E-state index in [2.05, 4.69) is 5.32 Å². The third-order valence-corrected chi connectivity index (χ3v) is 3.80. The molecule has 2 aromatic rings. The Bertz CT molecular complexity index is 689. The van der Waals surface area contributed by atoms with Crippen LogP contribution in [0.3, 0.4) is 0 Å². The molecule has 0 radical (unpaired) electrons. The summed E-state index contributed by atoms with van der Waals surface area (Å²) in [5, 5.41) is 2.84. The number of carbonyl (C=O) groups is 1. The molecule has 6 heteroatoms. The summed E-state index contributed by atoms with van der Waals surface area (Å²) in [4.78, 5) is 14.0. The van der Waals surface area contributed by atoms with E-state index in [1.807, 2.05) is 31.1 Å². The third kappa shape index (κ3) is 5.46. The van der Waals surface area contributed by atoms with Crippen LogP contribution in [0.5, 0.6) is 11.5 Å². The van der Waals surface area contributed by atoms with Crippen molar-refractivity contribution in [3.63, 3.8) is 0 Å². The molecule has 0 unspecified atom stereocenters. The summed E-state index contributed by atoms with van der Waals surface area (Å²) in [5.74, 6) is 0.575. The standard InChI is InChI=1S/C19H23FN2O3/c1-22(2)16(14-8-10-15(20)11-9-14)12-21-19(23)13-25-18-7-5-4-6-17(18)24-3/h4-11,16H,12-13H2,1-3H3,(H,21,23)/t16-/m1/s1. The van der Waals surface area contributed by atoms with Crippen LogP contribution in [0.25, 0.3) is 0 Å². The average Bonchev–Trinajstić information content (AvgIpc) is 2.61. The number of hydrogen-bond acceptors (Lipinski definition) is 4. The summed E-state index contributed by atoms with van der Waals surface area (Å²) >= 11 is 0. The fraction of sp³-hybridized carbons (Fsp3) is 0.316. The SMILES string of the molecule is COc1ccccc1OCC(=O)NC[C@H](c1ccc(F)cc1)N(C)C. The van der Waals surface area contributed by atoms with E-state index in [-0.39, 0.29) is 24.4 Å². The van der Waals surface area contributed by atoms with Gasteiger partial charge in [-0.05, 0) is 43.9 Å². The fourth-order valence-electron chi connectivity index (χ4n) is 2.43. The lowest BCUT2D eigenvalue weighted by Crippen LogP contribution is -2.36. The van der Waals surface area contributed by atoms with Crippen LogP contribution < -0.4 is 14.8 Å². The molecule has 0 saturated carbocycles. The van der Waals surface area contributed by atoms with E-state index in [1.165, 1.54) is 12.1 Å². The quantitative estimate of drug-likeness (QED) is 0.798. The van der Waals surface area contributed by atoms with Crippen LogP contribution in [0, 0.1) is 5.82 Å². The molecule has 0 fully saturated rings. The lowest BCUT2D eigenvalue weighted by molar-refractivity contribution is -0.123. The highest BCUT2D eigenvalue weighted by Crippen LogP contribution is 2.25. The minimum Gasteiger partial charge on any atom is -0.493 e. The van der Waals surface area contributed by atoms with Crippen LogP contribution in [-0.4, -0.2) is 45.2 Å². The molecule has 0 aliphatic carbocycles. The second-order valence-electron chi connectivity index (χ2n) is 5.77. The van der Waals surface area contributed by atoms with Crippen molar-refractivity contribution in [1.82, 2.24) is 10.2 Å². The van der Waals surface area contributed by atoms with Gasteiger partial charge in [-0.1, -0.05) is 24.3 Å². The van der Waals surface area contributed by atoms with Gasteiger partial charge in [-0.2, -0.15) is 0 Å². The highest BCUT2D eigenvalue weighted by Gasteiger charge is 2.16. The Labute approximate surface area is 147 Å². The molecule has 1 atom stereocenters. The van der Waals surface area contributed by atoms with Crippen LogP contribution in [0.2, 0.25) is 0 Å². The molecular weight excluding hydrogens is 323 g/mol. The molecule has 0 aromatic heterocycles. The fourth-order valence-corrected chi connectivity index (χ4v) is 2.43. The zero-order valence-corrected chi connectivity index (χ0v) is 14.7. The number of nitrogens with zero attached hydrogens (tertiary/aromatic N) is 1. The lowest BCUT2D eigenvalue weighted by atomic mass is 10.1. The van der Waals surface area contributed by atoms with Gasteiger partial charge in [0.2, 0.25) is 0 Å². The number of nitrogens with one attached hydrogen (secondary N) is 1. The van der Waals surface area contributed by atoms with E-state index in [4.69, 9.17) is 9.47 Å². The number of methoxy groups -OCH3 is 1. The molecule has 0 heterocycles. The van der Waals surface area contributed by atoms with E-state index >= 15 is 0 Å². The topological polar surface area (TPSA) is 50.8 Å². The molecule has 0 aliphatic heterocycles. The van der Waals surface area contributed by atoms with Gasteiger partial charge in [-0.15, -0.1) is 0 Å². The van der Waals surface area contributed by atoms with Gasteiger partial charge in [0.25, 0.3) is 5.91 Å². The summed E-state index contributed by atoms with van der Waals surface area (Å²) in [7, 11) is 5.36. The largest absolute Gasteiger partial charge is 0.493 e. The Morgan fingerprint density at radius 1 is 1.12 bits per heavy atom. The molecular formula is C19H23FN2O3. The van der Waals surface area contributed by atoms with E-state index in [0.29, 0.717) is 18.0 Å². The second-order valence-corrected chi connectivity index (χ2v) is 5.77. The van der Waals surface area contributed by atoms with E-state index in [0.717, 1.165) is 5.56 Å². The van der Waals surface area contributed by atoms with Crippen molar-refractivity contribution >= 4 is 5.91 Å². The summed E-state index contributed by atoms with van der Waals surface area (Å²) in [6.07, 6.45) is 0. The second kappa shape index (κ2) is 9.03. The number of likely N-dealkylation sites (N-methyl/N-ethyl adjacent to an activating group) is 1. The number of ether oxygens (including phenoxy) is 2. The molecule has 5 nitrogen and oxygen atoms in total. The first-order valence-corrected chi connectivity index (χ1v) is 7.95. The van der Waals surface area contributed by atoms with Crippen molar-refractivity contribution in [2.24, 2.45) is 0 Å². The minimum absolute atomic E-state index is 0.0594. The number of carbonyl (C=O) groups excluding carboxylic acids is 1. The Morgan fingerprint density at radius 2 is 1.76 bits per heavy atom. The molecule has 0 bridgehead atoms. The Balaban J connectivity index is 1.89. The molecule has 2 aromatic carbocycles. The van der Waals surface area contributed by atoms with E-state index in [9.17, 15) is 9.18 Å². The highest BCUT2D eigenvalue weighted by molar-refractivity contribution is 5.77. The summed E-state index contributed by atoms with van der Waals surface area (Å²) in [6, 6.07) is 13.4. The highest BCUT2D eigenvalue weighted by atomic mass is 19.1. The van der Waals surface area contributed by atoms with Gasteiger partial charge in [0.15, 0.2) is 18.1 Å². The van der Waals surface area contributed by atoms with Crippen molar-refractivity contribution < 1.29 is 18.7 Å². The Morgan fingerprint density at radius 3 is 2.36 bits per heavy atom. The normalized spacial score (nSPS) is 11.9. The van der Waals surface area contributed by atoms with Gasteiger partial charge < -0.3 is 19.7 Å². The maximum absolute atomic E-state index is 13.1. The van der Waals surface area contributed by atoms with Crippen LogP contribution in [-0.2, 0) is 4.79 Å². The minimum atomic E-state index is -0.282. The predicted molar refractivity (Wildman–Crippen MR) is 94.3 cm³/mol. The smallest absolute Gasteiger partial charge is 0.258 e. The maximum Gasteiger partial charge on any atom is 0.258 e. The molecule has 1 amide bonds. The van der Waals surface area contributed by atoms with Gasteiger partial charge in [0, 0.05) is 6.54 Å². The molecule has 0 spiro atoms. The van der Waals surface area contributed by atoms with Crippen molar-refractivity contribution in [2.45, 2.75) is 6.04 Å². The summed E-state index contributed by atoms with van der Waals surface area (Å²) < 4.78 is 23.8. The number of halogens is 1. The summed E-state index contributed by atoms with van der Waals surface area (Å²) in [6.45, 7) is 0.288. The number of para-hydroxylation sites is 2. The Kier molecular flexibility index (Phi) is 6.77. The maximum atomic E-state index is 13.1. The number of amides is 1. The molecule has 2 rings (SSSR count). The zero-order valence-electron chi connectivity index (χ0n) is 14.7. The van der Waals surface area contributed by atoms with Crippen molar-refractivity contribution in [2.75, 3.05) is 34.4 Å². The lowest BCUT2D eigenvalue weighted by Gasteiger charge is -2.25. The monoisotopic (exact) mass is 346 g/mol. The van der Waals surface area contributed by atoms with Crippen LogP contribution in [0.4, 0.5) is 4.39 Å². The molecule has 25 heavy (non-hydrogen) atoms. The van der Waals surface area contributed by atoms with Gasteiger partial charge in [0.1, 0.15) is 5.82 Å². The van der Waals surface area contributed by atoms with Gasteiger partial charge in [-0.3, -0.25) is 4.79 Å². The van der Waals surface area contributed by atoms with Crippen molar-refractivity contribution in [1.29, 1.82) is 0 Å². The first-order valence-electron chi connectivity index (χ1n) is 7.95. The van der Waals surface area contributed by atoms with Crippen molar-refractivity contribution in [3.05, 3.63) is 59.9 Å². The first-order chi connectivity index (χ1) is 12.0. The first kappa shape index (κ1) is 18.7. The Hall–Kier alpha value is -2.60. The third-order valence-electron chi connectivity index (χ3n) is 3.80. The molecule has 0 aliphatic rings. The van der Waals surface area contributed by atoms with E-state index in [1.54, 1.807) is 31.4 Å². The number of rotatable bonds is 8. The van der Waals surface area contributed by atoms with Crippen LogP contribution >= 0.6 is 0 Å². The molecule has 134 valence electrons. The van der Waals surface area contributed by atoms with Gasteiger partial charge >= 0.3 is 0 Å². The zero-order chi connectivity index (χ0) is 18.2. The van der Waals surface area contributed by atoms with Crippen molar-refractivity contribution in [3.8, 4) is 11.5 Å². The molecule has 0 saturated heterocycles. The van der Waals surface area contributed by atoms with Gasteiger partial charge in [-0.25, -0.2) is 4.39 Å². The number of hydrogen-bond donors (Lipinski definition) is 1. The predicted octanol–water partition coefficient (Wildman–Crippen LogP) is 2.63. The number of benzene rings is 2. The van der Waals surface area contributed by atoms with E-state index < -0.39 is 0 Å². The van der Waals surface area contributed by atoms with Gasteiger partial charge in [0.05, 0.1) is 13.2 Å². The average molecular weight is 346 g/mol.